The van der Waals surface area contributed by atoms with Gasteiger partial charge in [-0.1, -0.05) is 76.7 Å². The molecule has 2 aromatic heterocycles. The molecule has 5 aromatic rings. The maximum atomic E-state index is 14.1. The number of nitrogens with two attached hydrogens (primary N) is 2. The lowest BCUT2D eigenvalue weighted by Gasteiger charge is -2.24. The van der Waals surface area contributed by atoms with E-state index < -0.39 is 11.2 Å². The second-order valence-electron chi connectivity index (χ2n) is 7.99. The largest absolute Gasteiger partial charge is 0.396 e. The number of H-pyrrole nitrogens is 1. The number of nitrogens with zero attached hydrogens (tertiary/aromatic N) is 3. The number of fused-ring (bicyclic) bond motifs is 1. The Morgan fingerprint density at radius 3 is 2.41 bits per heavy atom. The summed E-state index contributed by atoms with van der Waals surface area (Å²) in [5, 5.41) is 3.27. The molecule has 0 radical (unpaired) electrons. The second-order valence-corrected chi connectivity index (χ2v) is 9.65. The third-order valence-corrected chi connectivity index (χ3v) is 7.02. The van der Waals surface area contributed by atoms with Gasteiger partial charge in [0.1, 0.15) is 5.69 Å². The Balaban J connectivity index is 1.87. The van der Waals surface area contributed by atoms with Crippen LogP contribution in [0.4, 0.5) is 17.1 Å². The maximum Gasteiger partial charge on any atom is 0.333 e. The number of aromatic nitrogens is 3. The van der Waals surface area contributed by atoms with Gasteiger partial charge in [0.2, 0.25) is 0 Å². The van der Waals surface area contributed by atoms with E-state index in [1.54, 1.807) is 24.4 Å². The van der Waals surface area contributed by atoms with Crippen LogP contribution in [0.5, 0.6) is 0 Å². The first-order valence-electron chi connectivity index (χ1n) is 10.6. The summed E-state index contributed by atoms with van der Waals surface area (Å²) in [6.07, 6.45) is 3.06. The van der Waals surface area contributed by atoms with E-state index >= 15 is 0 Å². The Morgan fingerprint density at radius 1 is 0.892 bits per heavy atom. The number of anilines is 3. The summed E-state index contributed by atoms with van der Waals surface area (Å²) in [5.74, 6) is 6.50. The van der Waals surface area contributed by atoms with Crippen molar-refractivity contribution in [3.63, 3.8) is 0 Å². The quantitative estimate of drug-likeness (QED) is 0.139. The van der Waals surface area contributed by atoms with Crippen molar-refractivity contribution in [3.05, 3.63) is 108 Å². The van der Waals surface area contributed by atoms with Crippen molar-refractivity contribution in [3.8, 4) is 16.9 Å². The van der Waals surface area contributed by atoms with Crippen molar-refractivity contribution in [1.29, 1.82) is 0 Å². The average Bonchev–Trinajstić information content (AvgIpc) is 2.87. The van der Waals surface area contributed by atoms with Gasteiger partial charge in [-0.3, -0.25) is 14.8 Å². The average molecular weight is 574 g/mol. The van der Waals surface area contributed by atoms with Crippen molar-refractivity contribution < 1.29 is 0 Å². The van der Waals surface area contributed by atoms with Gasteiger partial charge in [0.05, 0.1) is 44.0 Å². The minimum Gasteiger partial charge on any atom is -0.396 e. The first-order chi connectivity index (χ1) is 17.7. The van der Waals surface area contributed by atoms with E-state index in [0.717, 1.165) is 15.0 Å². The molecule has 5 N–H and O–H groups in total. The molecule has 0 unspecified atom stereocenters. The molecule has 37 heavy (non-hydrogen) atoms. The van der Waals surface area contributed by atoms with Crippen LogP contribution in [0, 0.1) is 0 Å². The van der Waals surface area contributed by atoms with Crippen LogP contribution in [0.1, 0.15) is 0 Å². The first kappa shape index (κ1) is 25.1. The maximum absolute atomic E-state index is 14.1. The number of aromatic amines is 1. The zero-order valence-electron chi connectivity index (χ0n) is 18.7. The van der Waals surface area contributed by atoms with Crippen LogP contribution >= 0.6 is 46.4 Å². The molecule has 12 heteroatoms. The zero-order chi connectivity index (χ0) is 26.4. The van der Waals surface area contributed by atoms with E-state index in [1.165, 1.54) is 30.5 Å². The molecule has 0 saturated carbocycles. The number of hydrogen-bond donors (Lipinski definition) is 3. The topological polar surface area (TPSA) is 123 Å². The molecular weight excluding hydrogens is 558 g/mol. The molecule has 186 valence electrons. The molecule has 2 heterocycles. The van der Waals surface area contributed by atoms with Gasteiger partial charge in [-0.2, -0.15) is 0 Å². The third kappa shape index (κ3) is 4.43. The number of halogens is 4. The Hall–Kier alpha value is -3.53. The summed E-state index contributed by atoms with van der Waals surface area (Å²) in [5.41, 5.74) is 5.53. The monoisotopic (exact) mass is 572 g/mol. The van der Waals surface area contributed by atoms with Crippen LogP contribution in [0.2, 0.25) is 20.1 Å². The SMILES string of the molecule is Nc1c(Cl)cc(Cl)cc1N(N)c1c(-c2ccc(Cl)c(Cl)c2)[nH]c(=O)n(-c2cncc3ccccc23)c1=O. The summed E-state index contributed by atoms with van der Waals surface area (Å²) in [6.45, 7) is 0. The van der Waals surface area contributed by atoms with E-state index in [-0.39, 0.29) is 43.5 Å². The van der Waals surface area contributed by atoms with E-state index in [1.807, 2.05) is 12.1 Å². The van der Waals surface area contributed by atoms with Crippen molar-refractivity contribution >= 4 is 74.2 Å². The van der Waals surface area contributed by atoms with Crippen LogP contribution in [-0.4, -0.2) is 14.5 Å². The first-order valence-corrected chi connectivity index (χ1v) is 12.2. The Morgan fingerprint density at radius 2 is 1.65 bits per heavy atom. The van der Waals surface area contributed by atoms with Gasteiger partial charge < -0.3 is 10.7 Å². The molecule has 3 aromatic carbocycles. The number of hydrogen-bond acceptors (Lipinski definition) is 6. The molecule has 0 amide bonds. The van der Waals surface area contributed by atoms with Gasteiger partial charge in [0, 0.05) is 27.6 Å². The fourth-order valence-corrected chi connectivity index (χ4v) is 4.78. The Kier molecular flexibility index (Phi) is 6.61. The lowest BCUT2D eigenvalue weighted by atomic mass is 10.1. The van der Waals surface area contributed by atoms with Gasteiger partial charge >= 0.3 is 5.69 Å². The molecule has 0 atom stereocenters. The number of nitrogens with one attached hydrogen (secondary N) is 1. The molecular formula is C25H16Cl4N6O2. The number of hydrazine groups is 1. The molecule has 0 saturated heterocycles. The highest BCUT2D eigenvalue weighted by atomic mass is 35.5. The summed E-state index contributed by atoms with van der Waals surface area (Å²) in [6, 6.07) is 14.7. The Labute approximate surface area is 229 Å². The highest BCUT2D eigenvalue weighted by molar-refractivity contribution is 6.42. The van der Waals surface area contributed by atoms with Crippen LogP contribution in [-0.2, 0) is 0 Å². The van der Waals surface area contributed by atoms with Crippen LogP contribution in [0.15, 0.2) is 76.6 Å². The number of nitrogen functional groups attached to an aromatic ring is 1. The van der Waals surface area contributed by atoms with Gasteiger partial charge in [0.15, 0.2) is 0 Å². The lowest BCUT2D eigenvalue weighted by molar-refractivity contribution is 0.866. The van der Waals surface area contributed by atoms with E-state index in [4.69, 9.17) is 58.0 Å². The molecule has 0 spiro atoms. The lowest BCUT2D eigenvalue weighted by Crippen LogP contribution is -2.41. The van der Waals surface area contributed by atoms with Gasteiger partial charge in [-0.05, 0) is 24.3 Å². The number of rotatable bonds is 4. The predicted octanol–water partition coefficient (Wildman–Crippen LogP) is 5.95. The van der Waals surface area contributed by atoms with Gasteiger partial charge in [0.25, 0.3) is 5.56 Å². The predicted molar refractivity (Wildman–Crippen MR) is 151 cm³/mol. The minimum atomic E-state index is -0.749. The fraction of sp³-hybridized carbons (Fsp3) is 0. The van der Waals surface area contributed by atoms with Crippen LogP contribution in [0.25, 0.3) is 27.7 Å². The minimum absolute atomic E-state index is 0.0796. The highest BCUT2D eigenvalue weighted by Crippen LogP contribution is 2.38. The normalized spacial score (nSPS) is 11.2. The van der Waals surface area contributed by atoms with Crippen LogP contribution < -0.4 is 27.8 Å². The summed E-state index contributed by atoms with van der Waals surface area (Å²) >= 11 is 24.8. The molecule has 5 rings (SSSR count). The molecule has 8 nitrogen and oxygen atoms in total. The van der Waals surface area contributed by atoms with Crippen molar-refractivity contribution in [2.24, 2.45) is 5.84 Å². The summed E-state index contributed by atoms with van der Waals surface area (Å²) < 4.78 is 0.952. The van der Waals surface area contributed by atoms with Gasteiger partial charge in [-0.15, -0.1) is 0 Å². The standard InChI is InChI=1S/C25H16Cl4N6O2/c26-14-8-18(29)21(30)19(9-14)35(31)23-22(12-5-6-16(27)17(28)7-12)33-25(37)34(24(23)36)20-11-32-10-13-3-1-2-4-15(13)20/h1-11H,30-31H2,(H,33,37). The van der Waals surface area contributed by atoms with Crippen molar-refractivity contribution in [2.45, 2.75) is 0 Å². The van der Waals surface area contributed by atoms with Crippen LogP contribution in [0.3, 0.4) is 0 Å². The van der Waals surface area contributed by atoms with Gasteiger partial charge in [-0.25, -0.2) is 15.2 Å². The zero-order valence-corrected chi connectivity index (χ0v) is 21.7. The molecule has 0 fully saturated rings. The fourth-order valence-electron chi connectivity index (χ4n) is 4.00. The van der Waals surface area contributed by atoms with E-state index in [0.29, 0.717) is 16.0 Å². The number of benzene rings is 3. The summed E-state index contributed by atoms with van der Waals surface area (Å²) in [4.78, 5) is 34.5. The van der Waals surface area contributed by atoms with Crippen molar-refractivity contribution in [1.82, 2.24) is 14.5 Å². The highest BCUT2D eigenvalue weighted by Gasteiger charge is 2.25. The summed E-state index contributed by atoms with van der Waals surface area (Å²) in [7, 11) is 0. The second kappa shape index (κ2) is 9.74. The van der Waals surface area contributed by atoms with Crippen molar-refractivity contribution in [2.75, 3.05) is 10.7 Å². The third-order valence-electron chi connectivity index (χ3n) is 5.75. The molecule has 0 aliphatic rings. The Bertz CT molecular complexity index is 1810. The van der Waals surface area contributed by atoms with E-state index in [2.05, 4.69) is 9.97 Å². The van der Waals surface area contributed by atoms with E-state index in [9.17, 15) is 9.59 Å². The smallest absolute Gasteiger partial charge is 0.333 e. The molecule has 0 aliphatic heterocycles. The molecule has 0 aliphatic carbocycles. The number of pyridine rings is 1. The molecule has 0 bridgehead atoms.